The van der Waals surface area contributed by atoms with Gasteiger partial charge in [0.25, 0.3) is 0 Å². The van der Waals surface area contributed by atoms with Crippen LogP contribution in [0, 0.1) is 0 Å². The van der Waals surface area contributed by atoms with E-state index in [1.165, 1.54) is 35.6 Å². The fourth-order valence-corrected chi connectivity index (χ4v) is 3.70. The van der Waals surface area contributed by atoms with Crippen LogP contribution < -0.4 is 10.6 Å². The van der Waals surface area contributed by atoms with Gasteiger partial charge in [0.05, 0.1) is 12.3 Å². The van der Waals surface area contributed by atoms with Crippen LogP contribution in [0.4, 0.5) is 0 Å². The van der Waals surface area contributed by atoms with Gasteiger partial charge in [-0.1, -0.05) is 62.7 Å². The van der Waals surface area contributed by atoms with E-state index >= 15 is 0 Å². The van der Waals surface area contributed by atoms with E-state index in [9.17, 15) is 0 Å². The number of methoxy groups -OCH3 is 1. The third-order valence-electron chi connectivity index (χ3n) is 5.55. The van der Waals surface area contributed by atoms with E-state index in [0.717, 1.165) is 43.7 Å². The summed E-state index contributed by atoms with van der Waals surface area (Å²) in [4.78, 5) is 4.87. The maximum Gasteiger partial charge on any atom is 0.140 e. The van der Waals surface area contributed by atoms with Gasteiger partial charge >= 0.3 is 0 Å². The molecule has 0 aliphatic heterocycles. The van der Waals surface area contributed by atoms with E-state index in [4.69, 9.17) is 9.72 Å². The van der Waals surface area contributed by atoms with Crippen LogP contribution in [0.2, 0.25) is 0 Å². The second-order valence-electron chi connectivity index (χ2n) is 7.73. The summed E-state index contributed by atoms with van der Waals surface area (Å²) >= 11 is 0. The lowest BCUT2D eigenvalue weighted by Gasteiger charge is -2.25. The monoisotopic (exact) mass is 408 g/mol. The van der Waals surface area contributed by atoms with Gasteiger partial charge in [0.15, 0.2) is 0 Å². The minimum Gasteiger partial charge on any atom is -0.383 e. The van der Waals surface area contributed by atoms with E-state index in [-0.39, 0.29) is 0 Å². The van der Waals surface area contributed by atoms with Crippen LogP contribution in [-0.4, -0.2) is 42.4 Å². The Hall–Kier alpha value is -2.21. The van der Waals surface area contributed by atoms with Crippen molar-refractivity contribution in [2.75, 3.05) is 26.8 Å². The molecule has 3 aromatic rings. The molecule has 4 rings (SSSR count). The Morgan fingerprint density at radius 1 is 1.07 bits per heavy atom. The summed E-state index contributed by atoms with van der Waals surface area (Å²) < 4.78 is 7.44. The second-order valence-corrected chi connectivity index (χ2v) is 7.73. The van der Waals surface area contributed by atoms with Crippen LogP contribution in [0.15, 0.2) is 48.7 Å². The number of hydrogen-bond acceptors (Lipinski definition) is 4. The minimum absolute atomic E-state index is 0.675. The molecule has 30 heavy (non-hydrogen) atoms. The van der Waals surface area contributed by atoms with Gasteiger partial charge in [-0.2, -0.15) is 0 Å². The lowest BCUT2D eigenvalue weighted by Crippen LogP contribution is -2.34. The van der Waals surface area contributed by atoms with Gasteiger partial charge in [0.2, 0.25) is 0 Å². The summed E-state index contributed by atoms with van der Waals surface area (Å²) in [5.41, 5.74) is 2.23. The largest absolute Gasteiger partial charge is 0.383 e. The summed E-state index contributed by atoms with van der Waals surface area (Å²) in [6.45, 7) is 8.61. The lowest BCUT2D eigenvalue weighted by atomic mass is 9.93. The molecule has 0 atom stereocenters. The number of ether oxygens (including phenoxy) is 1. The standard InChI is InChI=1S/C19H23N3O.C6H13N/c1-3-20-13-16-14-22(11-12-23-2)19(21-16)18-10-6-8-15-7-4-5-9-17(15)18;1-2-7-6-4-3-5-6/h4-10,14,20H,3,11-13H2,1-2H3;6-7H,2-5H2,1H3. The third kappa shape index (κ3) is 5.91. The van der Waals surface area contributed by atoms with Crippen LogP contribution in [-0.2, 0) is 17.8 Å². The molecule has 0 spiro atoms. The van der Waals surface area contributed by atoms with Crippen molar-refractivity contribution in [3.63, 3.8) is 0 Å². The number of benzene rings is 2. The van der Waals surface area contributed by atoms with Crippen molar-refractivity contribution in [3.8, 4) is 11.4 Å². The SMILES string of the molecule is CCNC1CCC1.CCNCc1cn(CCOC)c(-c2cccc3ccccc23)n1. The molecule has 1 aromatic heterocycles. The first kappa shape index (κ1) is 22.5. The Kier molecular flexibility index (Phi) is 8.87. The smallest absolute Gasteiger partial charge is 0.140 e. The van der Waals surface area contributed by atoms with Gasteiger partial charge in [-0.3, -0.25) is 0 Å². The van der Waals surface area contributed by atoms with Crippen molar-refractivity contribution in [2.24, 2.45) is 0 Å². The summed E-state index contributed by atoms with van der Waals surface area (Å²) in [5.74, 6) is 1.01. The Balaban J connectivity index is 0.000000310. The maximum absolute atomic E-state index is 5.25. The van der Waals surface area contributed by atoms with Crippen molar-refractivity contribution >= 4 is 10.8 Å². The fraction of sp³-hybridized carbons (Fsp3) is 0.480. The first-order chi connectivity index (χ1) is 14.8. The number of aromatic nitrogens is 2. The maximum atomic E-state index is 5.25. The molecule has 1 aliphatic rings. The number of hydrogen-bond donors (Lipinski definition) is 2. The molecule has 2 N–H and O–H groups in total. The molecule has 2 aromatic carbocycles. The topological polar surface area (TPSA) is 51.1 Å². The van der Waals surface area contributed by atoms with Crippen molar-refractivity contribution in [1.82, 2.24) is 20.2 Å². The predicted molar refractivity (Wildman–Crippen MR) is 126 cm³/mol. The molecule has 5 heteroatoms. The molecular weight excluding hydrogens is 372 g/mol. The van der Waals surface area contributed by atoms with Gasteiger partial charge in [0, 0.05) is 38.0 Å². The Morgan fingerprint density at radius 3 is 2.53 bits per heavy atom. The highest BCUT2D eigenvalue weighted by Crippen LogP contribution is 2.28. The van der Waals surface area contributed by atoms with Gasteiger partial charge < -0.3 is 19.9 Å². The first-order valence-electron chi connectivity index (χ1n) is 11.2. The van der Waals surface area contributed by atoms with Crippen molar-refractivity contribution in [1.29, 1.82) is 0 Å². The molecular formula is C25H36N4O. The van der Waals surface area contributed by atoms with Gasteiger partial charge in [-0.05, 0) is 36.7 Å². The fourth-order valence-electron chi connectivity index (χ4n) is 3.70. The summed E-state index contributed by atoms with van der Waals surface area (Å²) in [6, 6.07) is 15.7. The van der Waals surface area contributed by atoms with E-state index in [0.29, 0.717) is 6.61 Å². The van der Waals surface area contributed by atoms with E-state index in [2.05, 4.69) is 77.7 Å². The van der Waals surface area contributed by atoms with Crippen LogP contribution in [0.1, 0.15) is 38.8 Å². The van der Waals surface area contributed by atoms with Gasteiger partial charge in [-0.25, -0.2) is 4.98 Å². The molecule has 0 radical (unpaired) electrons. The molecule has 5 nitrogen and oxygen atoms in total. The number of nitrogens with zero attached hydrogens (tertiary/aromatic N) is 2. The summed E-state index contributed by atoms with van der Waals surface area (Å²) in [7, 11) is 1.73. The molecule has 0 saturated heterocycles. The summed E-state index contributed by atoms with van der Waals surface area (Å²) in [5, 5.41) is 9.19. The normalized spacial score (nSPS) is 13.7. The van der Waals surface area contributed by atoms with Gasteiger partial charge in [-0.15, -0.1) is 0 Å². The molecule has 1 saturated carbocycles. The van der Waals surface area contributed by atoms with Crippen molar-refractivity contribution in [3.05, 3.63) is 54.4 Å². The highest BCUT2D eigenvalue weighted by Gasteiger charge is 2.14. The molecule has 1 heterocycles. The molecule has 1 aliphatic carbocycles. The zero-order chi connectivity index (χ0) is 21.2. The average Bonchev–Trinajstić information content (AvgIpc) is 3.16. The number of fused-ring (bicyclic) bond motifs is 1. The van der Waals surface area contributed by atoms with Gasteiger partial charge in [0.1, 0.15) is 5.82 Å². The Morgan fingerprint density at radius 2 is 1.87 bits per heavy atom. The van der Waals surface area contributed by atoms with E-state index in [1.807, 2.05) is 0 Å². The van der Waals surface area contributed by atoms with Crippen LogP contribution >= 0.6 is 0 Å². The molecule has 162 valence electrons. The Bertz CT molecular complexity index is 896. The zero-order valence-corrected chi connectivity index (χ0v) is 18.7. The quantitative estimate of drug-likeness (QED) is 0.543. The zero-order valence-electron chi connectivity index (χ0n) is 18.7. The number of rotatable bonds is 9. The first-order valence-corrected chi connectivity index (χ1v) is 11.2. The number of imidazole rings is 1. The third-order valence-corrected chi connectivity index (χ3v) is 5.55. The lowest BCUT2D eigenvalue weighted by molar-refractivity contribution is 0.187. The second kappa shape index (κ2) is 11.8. The van der Waals surface area contributed by atoms with Crippen LogP contribution in [0.25, 0.3) is 22.2 Å². The van der Waals surface area contributed by atoms with E-state index < -0.39 is 0 Å². The minimum atomic E-state index is 0.675. The summed E-state index contributed by atoms with van der Waals surface area (Å²) in [6.07, 6.45) is 6.39. The van der Waals surface area contributed by atoms with Crippen molar-refractivity contribution < 1.29 is 4.74 Å². The Labute approximate surface area is 180 Å². The molecule has 0 amide bonds. The molecule has 0 unspecified atom stereocenters. The van der Waals surface area contributed by atoms with Crippen LogP contribution in [0.3, 0.4) is 0 Å². The average molecular weight is 409 g/mol. The molecule has 0 bridgehead atoms. The highest BCUT2D eigenvalue weighted by molar-refractivity contribution is 5.95. The van der Waals surface area contributed by atoms with Crippen LogP contribution in [0.5, 0.6) is 0 Å². The van der Waals surface area contributed by atoms with E-state index in [1.54, 1.807) is 7.11 Å². The molecule has 1 fully saturated rings. The highest BCUT2D eigenvalue weighted by atomic mass is 16.5. The number of nitrogens with one attached hydrogen (secondary N) is 2. The predicted octanol–water partition coefficient (Wildman–Crippen LogP) is 4.61. The van der Waals surface area contributed by atoms with Crippen molar-refractivity contribution in [2.45, 2.75) is 52.2 Å².